The molecule has 0 spiro atoms. The fourth-order valence-corrected chi connectivity index (χ4v) is 0.831. The highest BCUT2D eigenvalue weighted by Crippen LogP contribution is 2.00. The molecule has 0 aromatic rings. The highest BCUT2D eigenvalue weighted by molar-refractivity contribution is 5.85. The predicted octanol–water partition coefficient (Wildman–Crippen LogP) is 1.47. The molecular weight excluding hydrogens is 192 g/mol. The van der Waals surface area contributed by atoms with Crippen LogP contribution in [-0.2, 0) is 9.53 Å². The van der Waals surface area contributed by atoms with Crippen LogP contribution in [0.5, 0.6) is 0 Å². The third kappa shape index (κ3) is 11.2. The molecule has 0 radical (unpaired) electrons. The number of nitrogens with two attached hydrogens (primary N) is 1. The van der Waals surface area contributed by atoms with Crippen molar-refractivity contribution in [3.63, 3.8) is 0 Å². The summed E-state index contributed by atoms with van der Waals surface area (Å²) < 4.78 is 4.92. The zero-order valence-corrected chi connectivity index (χ0v) is 8.65. The quantitative estimate of drug-likeness (QED) is 0.394. The van der Waals surface area contributed by atoms with Gasteiger partial charge in [-0.1, -0.05) is 0 Å². The van der Waals surface area contributed by atoms with Crippen molar-refractivity contribution in [1.82, 2.24) is 0 Å². The van der Waals surface area contributed by atoms with Crippen LogP contribution in [0.3, 0.4) is 0 Å². The minimum Gasteiger partial charge on any atom is -0.481 e. The van der Waals surface area contributed by atoms with Crippen molar-refractivity contribution in [2.24, 2.45) is 5.73 Å². The van der Waals surface area contributed by atoms with Gasteiger partial charge in [-0.15, -0.1) is 12.4 Å². The summed E-state index contributed by atoms with van der Waals surface area (Å²) >= 11 is 0. The van der Waals surface area contributed by atoms with Gasteiger partial charge in [-0.3, -0.25) is 10.2 Å². The summed E-state index contributed by atoms with van der Waals surface area (Å²) in [6, 6.07) is 0. The smallest absolute Gasteiger partial charge is 0.217 e. The van der Waals surface area contributed by atoms with Gasteiger partial charge in [0, 0.05) is 12.8 Å². The number of rotatable bonds is 6. The van der Waals surface area contributed by atoms with E-state index in [0.29, 0.717) is 25.3 Å². The molecule has 0 atom stereocenters. The van der Waals surface area contributed by atoms with E-state index in [1.54, 1.807) is 0 Å². The van der Waals surface area contributed by atoms with Crippen LogP contribution in [0.25, 0.3) is 0 Å². The average molecular weight is 209 g/mol. The summed E-state index contributed by atoms with van der Waals surface area (Å²) in [5.41, 5.74) is 4.94. The molecule has 0 saturated heterocycles. The average Bonchev–Trinajstić information content (AvgIpc) is 1.98. The summed E-state index contributed by atoms with van der Waals surface area (Å²) in [7, 11) is 0. The van der Waals surface area contributed by atoms with Crippen LogP contribution in [0, 0.1) is 5.41 Å². The van der Waals surface area contributed by atoms with Crippen molar-refractivity contribution in [1.29, 1.82) is 5.41 Å². The summed E-state index contributed by atoms with van der Waals surface area (Å²) in [5, 5.41) is 7.24. The van der Waals surface area contributed by atoms with Gasteiger partial charge in [0.15, 0.2) is 5.90 Å². The molecule has 0 aromatic carbocycles. The lowest BCUT2D eigenvalue weighted by Gasteiger charge is -2.03. The van der Waals surface area contributed by atoms with E-state index < -0.39 is 0 Å². The van der Waals surface area contributed by atoms with Crippen LogP contribution in [0.4, 0.5) is 0 Å². The Kier molecular flexibility index (Phi) is 10.6. The lowest BCUT2D eigenvalue weighted by atomic mass is 10.2. The van der Waals surface area contributed by atoms with E-state index in [2.05, 4.69) is 0 Å². The first kappa shape index (κ1) is 14.7. The van der Waals surface area contributed by atoms with E-state index in [1.165, 1.54) is 0 Å². The molecule has 0 rings (SSSR count). The standard InChI is InChI=1S/C8H16N2O2.ClH/c1-2-12-8(10)6-4-3-5-7(9)11;/h10H,2-6H2,1H3,(H2,9,11);1H. The second-order valence-electron chi connectivity index (χ2n) is 2.53. The van der Waals surface area contributed by atoms with Crippen molar-refractivity contribution in [3.8, 4) is 0 Å². The van der Waals surface area contributed by atoms with Crippen molar-refractivity contribution in [3.05, 3.63) is 0 Å². The zero-order chi connectivity index (χ0) is 9.40. The molecule has 0 aliphatic heterocycles. The molecule has 0 aromatic heterocycles. The fourth-order valence-electron chi connectivity index (χ4n) is 0.831. The van der Waals surface area contributed by atoms with E-state index in [-0.39, 0.29) is 18.3 Å². The number of hydrogen-bond donors (Lipinski definition) is 2. The Bertz CT molecular complexity index is 162. The van der Waals surface area contributed by atoms with Gasteiger partial charge in [-0.05, 0) is 19.8 Å². The van der Waals surface area contributed by atoms with Gasteiger partial charge < -0.3 is 10.5 Å². The number of halogens is 1. The summed E-state index contributed by atoms with van der Waals surface area (Å²) in [6.45, 7) is 2.38. The molecule has 0 unspecified atom stereocenters. The molecule has 1 amide bonds. The van der Waals surface area contributed by atoms with Crippen molar-refractivity contribution in [2.45, 2.75) is 32.6 Å². The minimum atomic E-state index is -0.280. The zero-order valence-electron chi connectivity index (χ0n) is 7.84. The molecule has 0 aliphatic rings. The number of nitrogens with one attached hydrogen (secondary N) is 1. The summed E-state index contributed by atoms with van der Waals surface area (Å²) in [5.74, 6) is 0.0138. The second kappa shape index (κ2) is 9.32. The number of carbonyl (C=O) groups is 1. The van der Waals surface area contributed by atoms with Crippen LogP contribution in [0.2, 0.25) is 0 Å². The lowest BCUT2D eigenvalue weighted by Crippen LogP contribution is -2.10. The Balaban J connectivity index is 0. The van der Waals surface area contributed by atoms with Gasteiger partial charge in [0.2, 0.25) is 5.91 Å². The van der Waals surface area contributed by atoms with Gasteiger partial charge in [0.1, 0.15) is 0 Å². The topological polar surface area (TPSA) is 76.2 Å². The number of ether oxygens (including phenoxy) is 1. The van der Waals surface area contributed by atoms with Crippen molar-refractivity contribution >= 4 is 24.2 Å². The number of primary amides is 1. The molecule has 0 fully saturated rings. The fraction of sp³-hybridized carbons (Fsp3) is 0.750. The summed E-state index contributed by atoms with van der Waals surface area (Å²) in [4.78, 5) is 10.3. The van der Waals surface area contributed by atoms with Crippen LogP contribution < -0.4 is 5.73 Å². The maximum absolute atomic E-state index is 10.3. The van der Waals surface area contributed by atoms with Gasteiger partial charge >= 0.3 is 0 Å². The molecule has 5 heteroatoms. The number of amides is 1. The van der Waals surface area contributed by atoms with Gasteiger partial charge in [0.25, 0.3) is 0 Å². The van der Waals surface area contributed by atoms with E-state index in [9.17, 15) is 4.79 Å². The molecule has 0 heterocycles. The first-order valence-corrected chi connectivity index (χ1v) is 4.15. The Morgan fingerprint density at radius 3 is 2.38 bits per heavy atom. The molecule has 0 aliphatic carbocycles. The maximum atomic E-state index is 10.3. The number of hydrogen-bond acceptors (Lipinski definition) is 3. The minimum absolute atomic E-state index is 0. The summed E-state index contributed by atoms with van der Waals surface area (Å²) in [6.07, 6.45) is 2.53. The Morgan fingerprint density at radius 2 is 1.92 bits per heavy atom. The monoisotopic (exact) mass is 208 g/mol. The molecule has 0 saturated carbocycles. The first-order valence-electron chi connectivity index (χ1n) is 4.15. The van der Waals surface area contributed by atoms with Crippen LogP contribution in [0.1, 0.15) is 32.6 Å². The predicted molar refractivity (Wildman–Crippen MR) is 54.3 cm³/mol. The van der Waals surface area contributed by atoms with Crippen LogP contribution in [0.15, 0.2) is 0 Å². The van der Waals surface area contributed by atoms with Gasteiger partial charge in [0.05, 0.1) is 6.61 Å². The second-order valence-corrected chi connectivity index (χ2v) is 2.53. The first-order chi connectivity index (χ1) is 5.66. The highest BCUT2D eigenvalue weighted by Gasteiger charge is 1.98. The molecule has 3 N–H and O–H groups in total. The van der Waals surface area contributed by atoms with E-state index in [1.807, 2.05) is 6.92 Å². The Morgan fingerprint density at radius 1 is 1.38 bits per heavy atom. The van der Waals surface area contributed by atoms with E-state index in [0.717, 1.165) is 12.8 Å². The Hall–Kier alpha value is -0.770. The highest BCUT2D eigenvalue weighted by atomic mass is 35.5. The third-order valence-electron chi connectivity index (χ3n) is 1.40. The van der Waals surface area contributed by atoms with Crippen LogP contribution >= 0.6 is 12.4 Å². The van der Waals surface area contributed by atoms with Crippen molar-refractivity contribution < 1.29 is 9.53 Å². The van der Waals surface area contributed by atoms with Gasteiger partial charge in [-0.25, -0.2) is 0 Å². The van der Waals surface area contributed by atoms with E-state index in [4.69, 9.17) is 15.9 Å². The van der Waals surface area contributed by atoms with Crippen molar-refractivity contribution in [2.75, 3.05) is 6.61 Å². The molecular formula is C8H17ClN2O2. The van der Waals surface area contributed by atoms with Crippen LogP contribution in [-0.4, -0.2) is 18.4 Å². The number of carbonyl (C=O) groups excluding carboxylic acids is 1. The van der Waals surface area contributed by atoms with Gasteiger partial charge in [-0.2, -0.15) is 0 Å². The molecule has 0 bridgehead atoms. The lowest BCUT2D eigenvalue weighted by molar-refractivity contribution is -0.118. The molecule has 13 heavy (non-hydrogen) atoms. The maximum Gasteiger partial charge on any atom is 0.217 e. The molecule has 78 valence electrons. The molecule has 4 nitrogen and oxygen atoms in total. The SMILES string of the molecule is CCOC(=N)CCCCC(N)=O.Cl. The largest absolute Gasteiger partial charge is 0.481 e. The van der Waals surface area contributed by atoms with E-state index >= 15 is 0 Å². The normalized spacial score (nSPS) is 8.69. The Labute approximate surface area is 84.7 Å². The number of unbranched alkanes of at least 4 members (excludes halogenated alkanes) is 1. The third-order valence-corrected chi connectivity index (χ3v) is 1.40.